The van der Waals surface area contributed by atoms with Crippen LogP contribution in [0.4, 0.5) is 0 Å². The van der Waals surface area contributed by atoms with Crippen molar-refractivity contribution in [3.05, 3.63) is 64.7 Å². The Morgan fingerprint density at radius 1 is 1.12 bits per heavy atom. The second-order valence-corrected chi connectivity index (χ2v) is 6.22. The predicted octanol–water partition coefficient (Wildman–Crippen LogP) is 2.74. The van der Waals surface area contributed by atoms with Gasteiger partial charge in [0.25, 0.3) is 5.91 Å². The first kappa shape index (κ1) is 18.8. The van der Waals surface area contributed by atoms with Crippen LogP contribution in [-0.4, -0.2) is 18.0 Å². The average molecular weight is 361 g/mol. The van der Waals surface area contributed by atoms with Gasteiger partial charge in [-0.25, -0.2) is 0 Å². The van der Waals surface area contributed by atoms with Crippen LogP contribution in [0.5, 0.6) is 5.75 Å². The summed E-state index contributed by atoms with van der Waals surface area (Å²) in [5, 5.41) is 14.1. The highest BCUT2D eigenvalue weighted by molar-refractivity contribution is 6.33. The standard InChI is InChI=1S/C19H20ClNO4/c1-12(2)25-14-9-7-13(8-10-14)17(11-18(22)23)21-19(24)15-5-3-4-6-16(15)20/h3-10,12,17H,11H2,1-2H3,(H,21,24)(H,22,23)/p-1. The molecule has 0 aromatic heterocycles. The van der Waals surface area contributed by atoms with Crippen LogP contribution >= 0.6 is 11.6 Å². The lowest BCUT2D eigenvalue weighted by molar-refractivity contribution is -0.306. The number of carbonyl (C=O) groups is 2. The van der Waals surface area contributed by atoms with Crippen molar-refractivity contribution < 1.29 is 19.4 Å². The molecule has 0 bridgehead atoms. The molecule has 1 unspecified atom stereocenters. The number of carboxylic acid groups (broad SMARTS) is 1. The number of aliphatic carboxylic acids is 1. The number of nitrogens with one attached hydrogen (secondary N) is 1. The quantitative estimate of drug-likeness (QED) is 0.823. The van der Waals surface area contributed by atoms with Gasteiger partial charge in [-0.2, -0.15) is 0 Å². The monoisotopic (exact) mass is 360 g/mol. The van der Waals surface area contributed by atoms with Crippen LogP contribution < -0.4 is 15.2 Å². The Balaban J connectivity index is 2.20. The van der Waals surface area contributed by atoms with E-state index in [0.717, 1.165) is 0 Å². The maximum Gasteiger partial charge on any atom is 0.253 e. The van der Waals surface area contributed by atoms with E-state index in [1.165, 1.54) is 0 Å². The molecule has 0 heterocycles. The zero-order valence-electron chi connectivity index (χ0n) is 14.0. The van der Waals surface area contributed by atoms with Crippen molar-refractivity contribution in [3.8, 4) is 5.75 Å². The van der Waals surface area contributed by atoms with Gasteiger partial charge in [-0.1, -0.05) is 35.9 Å². The van der Waals surface area contributed by atoms with Crippen molar-refractivity contribution in [2.24, 2.45) is 0 Å². The summed E-state index contributed by atoms with van der Waals surface area (Å²) in [6.07, 6.45) is -0.314. The minimum absolute atomic E-state index is 0.0322. The molecule has 0 saturated carbocycles. The zero-order chi connectivity index (χ0) is 18.4. The fourth-order valence-corrected chi connectivity index (χ4v) is 2.57. The second kappa shape index (κ2) is 8.53. The largest absolute Gasteiger partial charge is 0.550 e. The van der Waals surface area contributed by atoms with E-state index in [1.54, 1.807) is 48.5 Å². The second-order valence-electron chi connectivity index (χ2n) is 5.82. The molecule has 0 spiro atoms. The maximum absolute atomic E-state index is 12.4. The van der Waals surface area contributed by atoms with E-state index in [-0.39, 0.29) is 18.1 Å². The van der Waals surface area contributed by atoms with Crippen molar-refractivity contribution in [1.82, 2.24) is 5.32 Å². The smallest absolute Gasteiger partial charge is 0.253 e. The molecule has 0 fully saturated rings. The molecule has 6 heteroatoms. The van der Waals surface area contributed by atoms with E-state index in [2.05, 4.69) is 5.32 Å². The molecule has 132 valence electrons. The lowest BCUT2D eigenvalue weighted by atomic mass is 10.0. The summed E-state index contributed by atoms with van der Waals surface area (Å²) in [5.41, 5.74) is 0.924. The predicted molar refractivity (Wildman–Crippen MR) is 93.5 cm³/mol. The first-order valence-corrected chi connectivity index (χ1v) is 8.26. The molecular weight excluding hydrogens is 342 g/mol. The molecule has 5 nitrogen and oxygen atoms in total. The molecule has 0 aliphatic carbocycles. The highest BCUT2D eigenvalue weighted by Gasteiger charge is 2.18. The fourth-order valence-electron chi connectivity index (χ4n) is 2.35. The minimum Gasteiger partial charge on any atom is -0.550 e. The van der Waals surface area contributed by atoms with Gasteiger partial charge < -0.3 is 20.0 Å². The van der Waals surface area contributed by atoms with Crippen LogP contribution in [0.15, 0.2) is 48.5 Å². The van der Waals surface area contributed by atoms with E-state index in [4.69, 9.17) is 16.3 Å². The van der Waals surface area contributed by atoms with Crippen LogP contribution in [0.1, 0.15) is 42.2 Å². The summed E-state index contributed by atoms with van der Waals surface area (Å²) in [4.78, 5) is 23.5. The summed E-state index contributed by atoms with van der Waals surface area (Å²) in [6, 6.07) is 12.8. The number of amides is 1. The van der Waals surface area contributed by atoms with Gasteiger partial charge in [-0.3, -0.25) is 4.79 Å². The van der Waals surface area contributed by atoms with Gasteiger partial charge in [0, 0.05) is 12.4 Å². The number of hydrogen-bond acceptors (Lipinski definition) is 4. The minimum atomic E-state index is -1.26. The lowest BCUT2D eigenvalue weighted by Gasteiger charge is -2.21. The van der Waals surface area contributed by atoms with Crippen molar-refractivity contribution >= 4 is 23.5 Å². The van der Waals surface area contributed by atoms with Crippen LogP contribution in [0, 0.1) is 0 Å². The van der Waals surface area contributed by atoms with Gasteiger partial charge >= 0.3 is 0 Å². The SMILES string of the molecule is CC(C)Oc1ccc(C(CC(=O)[O-])NC(=O)c2ccccc2Cl)cc1. The van der Waals surface area contributed by atoms with Gasteiger partial charge in [0.1, 0.15) is 5.75 Å². The van der Waals surface area contributed by atoms with E-state index in [0.29, 0.717) is 16.3 Å². The third kappa shape index (κ3) is 5.50. The average Bonchev–Trinajstić information content (AvgIpc) is 2.54. The molecule has 0 radical (unpaired) electrons. The Morgan fingerprint density at radius 3 is 2.32 bits per heavy atom. The van der Waals surface area contributed by atoms with Crippen LogP contribution in [-0.2, 0) is 4.79 Å². The van der Waals surface area contributed by atoms with Gasteiger partial charge in [0.05, 0.1) is 22.7 Å². The van der Waals surface area contributed by atoms with E-state index in [1.807, 2.05) is 13.8 Å². The number of carbonyl (C=O) groups excluding carboxylic acids is 2. The van der Waals surface area contributed by atoms with Gasteiger partial charge in [-0.15, -0.1) is 0 Å². The third-order valence-electron chi connectivity index (χ3n) is 3.45. The molecule has 1 atom stereocenters. The molecule has 2 rings (SSSR count). The van der Waals surface area contributed by atoms with Crippen molar-refractivity contribution in [3.63, 3.8) is 0 Å². The molecule has 0 aliphatic heterocycles. The molecule has 0 aliphatic rings. The molecule has 2 aromatic rings. The van der Waals surface area contributed by atoms with E-state index < -0.39 is 17.9 Å². The topological polar surface area (TPSA) is 78.5 Å². The summed E-state index contributed by atoms with van der Waals surface area (Å²) in [6.45, 7) is 3.83. The van der Waals surface area contributed by atoms with E-state index in [9.17, 15) is 14.7 Å². The number of hydrogen-bond donors (Lipinski definition) is 1. The summed E-state index contributed by atoms with van der Waals surface area (Å²) >= 11 is 6.02. The number of ether oxygens (including phenoxy) is 1. The normalized spacial score (nSPS) is 11.8. The Morgan fingerprint density at radius 2 is 1.76 bits per heavy atom. The molecule has 25 heavy (non-hydrogen) atoms. The molecule has 2 aromatic carbocycles. The van der Waals surface area contributed by atoms with Gasteiger partial charge in [0.15, 0.2) is 0 Å². The number of halogens is 1. The summed E-state index contributed by atoms with van der Waals surface area (Å²) < 4.78 is 5.56. The Labute approximate surface area is 151 Å². The van der Waals surface area contributed by atoms with Crippen molar-refractivity contribution in [2.75, 3.05) is 0 Å². The Kier molecular flexibility index (Phi) is 6.42. The van der Waals surface area contributed by atoms with Crippen LogP contribution in [0.25, 0.3) is 0 Å². The highest BCUT2D eigenvalue weighted by atomic mass is 35.5. The number of rotatable bonds is 7. The Bertz CT molecular complexity index is 743. The molecule has 1 N–H and O–H groups in total. The van der Waals surface area contributed by atoms with E-state index >= 15 is 0 Å². The molecular formula is C19H19ClNO4-. The van der Waals surface area contributed by atoms with Gasteiger partial charge in [0.2, 0.25) is 0 Å². The van der Waals surface area contributed by atoms with Crippen LogP contribution in [0.2, 0.25) is 5.02 Å². The third-order valence-corrected chi connectivity index (χ3v) is 3.78. The number of benzene rings is 2. The Hall–Kier alpha value is -2.53. The summed E-state index contributed by atoms with van der Waals surface area (Å²) in [5.74, 6) is -1.03. The number of carboxylic acids is 1. The summed E-state index contributed by atoms with van der Waals surface area (Å²) in [7, 11) is 0. The highest BCUT2D eigenvalue weighted by Crippen LogP contribution is 2.23. The maximum atomic E-state index is 12.4. The van der Waals surface area contributed by atoms with Gasteiger partial charge in [-0.05, 0) is 43.7 Å². The zero-order valence-corrected chi connectivity index (χ0v) is 14.7. The molecule has 1 amide bonds. The first-order valence-electron chi connectivity index (χ1n) is 7.88. The molecule has 0 saturated heterocycles. The first-order chi connectivity index (χ1) is 11.9. The lowest BCUT2D eigenvalue weighted by Crippen LogP contribution is -2.34. The van der Waals surface area contributed by atoms with Crippen molar-refractivity contribution in [1.29, 1.82) is 0 Å². The van der Waals surface area contributed by atoms with Crippen LogP contribution in [0.3, 0.4) is 0 Å². The van der Waals surface area contributed by atoms with Crippen molar-refractivity contribution in [2.45, 2.75) is 32.4 Å². The fraction of sp³-hybridized carbons (Fsp3) is 0.263.